The van der Waals surface area contributed by atoms with Crippen LogP contribution in [-0.2, 0) is 21.6 Å². The molecule has 0 radical (unpaired) electrons. The summed E-state index contributed by atoms with van der Waals surface area (Å²) in [5, 5.41) is 23.0. The maximum absolute atomic E-state index is 14.4. The van der Waals surface area contributed by atoms with E-state index in [2.05, 4.69) is 15.5 Å². The van der Waals surface area contributed by atoms with Gasteiger partial charge in [-0.25, -0.2) is 13.5 Å². The van der Waals surface area contributed by atoms with E-state index in [0.717, 1.165) is 6.07 Å². The first kappa shape index (κ1) is 21.2. The van der Waals surface area contributed by atoms with Gasteiger partial charge in [-0.1, -0.05) is 6.07 Å². The second kappa shape index (κ2) is 7.30. The van der Waals surface area contributed by atoms with Crippen molar-refractivity contribution in [3.05, 3.63) is 41.2 Å². The lowest BCUT2D eigenvalue weighted by Crippen LogP contribution is -2.56. The molecule has 2 fully saturated rings. The molecule has 2 aromatic rings. The summed E-state index contributed by atoms with van der Waals surface area (Å²) in [5.74, 6) is -1.65. The molecule has 4 rings (SSSR count). The lowest BCUT2D eigenvalue weighted by molar-refractivity contribution is -0.153. The second-order valence-corrected chi connectivity index (χ2v) is 9.36. The van der Waals surface area contributed by atoms with Crippen LogP contribution in [0.15, 0.2) is 18.2 Å². The van der Waals surface area contributed by atoms with Crippen molar-refractivity contribution in [3.63, 3.8) is 0 Å². The summed E-state index contributed by atoms with van der Waals surface area (Å²) in [6.07, 6.45) is -2.00. The molecular weight excluding hydrogens is 396 g/mol. The van der Waals surface area contributed by atoms with E-state index >= 15 is 0 Å². The van der Waals surface area contributed by atoms with Crippen LogP contribution in [-0.4, -0.2) is 60.9 Å². The predicted octanol–water partition coefficient (Wildman–Crippen LogP) is 2.14. The Morgan fingerprint density at radius 1 is 1.20 bits per heavy atom. The summed E-state index contributed by atoms with van der Waals surface area (Å²) in [5.41, 5.74) is -0.105. The molecule has 4 atom stereocenters. The molecule has 2 aliphatic heterocycles. The predicted molar refractivity (Wildman–Crippen MR) is 102 cm³/mol. The van der Waals surface area contributed by atoms with E-state index < -0.39 is 47.3 Å². The van der Waals surface area contributed by atoms with Gasteiger partial charge in [0.25, 0.3) is 0 Å². The molecule has 164 valence electrons. The highest BCUT2D eigenvalue weighted by Gasteiger charge is 2.55. The Morgan fingerprint density at radius 2 is 1.90 bits per heavy atom. The number of nitrogens with zero attached hydrogens (tertiary/aromatic N) is 5. The molecule has 0 saturated carbocycles. The van der Waals surface area contributed by atoms with E-state index in [9.17, 15) is 13.9 Å². The van der Waals surface area contributed by atoms with Crippen molar-refractivity contribution < 1.29 is 23.4 Å². The van der Waals surface area contributed by atoms with Gasteiger partial charge in [-0.2, -0.15) is 0 Å². The van der Waals surface area contributed by atoms with Crippen LogP contribution in [0.5, 0.6) is 0 Å². The van der Waals surface area contributed by atoms with Crippen LogP contribution in [0, 0.1) is 11.6 Å². The summed E-state index contributed by atoms with van der Waals surface area (Å²) in [7, 11) is 0. The minimum Gasteiger partial charge on any atom is -0.389 e. The van der Waals surface area contributed by atoms with Gasteiger partial charge in [0.05, 0.1) is 11.6 Å². The third-order valence-corrected chi connectivity index (χ3v) is 5.45. The fourth-order valence-corrected chi connectivity index (χ4v) is 4.22. The Balaban J connectivity index is 1.77. The minimum atomic E-state index is -0.897. The van der Waals surface area contributed by atoms with E-state index in [0.29, 0.717) is 11.4 Å². The third kappa shape index (κ3) is 3.84. The van der Waals surface area contributed by atoms with Gasteiger partial charge in [-0.15, -0.1) is 5.10 Å². The van der Waals surface area contributed by atoms with Gasteiger partial charge in [0.1, 0.15) is 29.9 Å². The SMILES string of the molecule is CC1(C)O[C@@H]2[C@H](O1)[C@@H](c1nnnn1C(C)(C)C)N(Cc1ccc(F)cc1F)C[C@@H]2O. The highest BCUT2D eigenvalue weighted by molar-refractivity contribution is 5.20. The van der Waals surface area contributed by atoms with Crippen molar-refractivity contribution >= 4 is 0 Å². The molecule has 30 heavy (non-hydrogen) atoms. The zero-order valence-electron chi connectivity index (χ0n) is 17.7. The first-order chi connectivity index (χ1) is 14.0. The number of halogens is 2. The molecule has 0 spiro atoms. The van der Waals surface area contributed by atoms with Gasteiger partial charge in [0.2, 0.25) is 0 Å². The Morgan fingerprint density at radius 3 is 2.57 bits per heavy atom. The fraction of sp³-hybridized carbons (Fsp3) is 0.650. The number of likely N-dealkylation sites (tertiary alicyclic amines) is 1. The van der Waals surface area contributed by atoms with Crippen LogP contribution < -0.4 is 0 Å². The number of ether oxygens (including phenoxy) is 2. The van der Waals surface area contributed by atoms with Gasteiger partial charge >= 0.3 is 0 Å². The molecule has 0 bridgehead atoms. The zero-order chi connectivity index (χ0) is 21.8. The minimum absolute atomic E-state index is 0.123. The van der Waals surface area contributed by atoms with Crippen molar-refractivity contribution in [3.8, 4) is 0 Å². The van der Waals surface area contributed by atoms with E-state index in [1.54, 1.807) is 18.5 Å². The first-order valence-electron chi connectivity index (χ1n) is 9.97. The molecule has 8 nitrogen and oxygen atoms in total. The summed E-state index contributed by atoms with van der Waals surface area (Å²) in [4.78, 5) is 1.86. The Labute approximate surface area is 173 Å². The van der Waals surface area contributed by atoms with Crippen LogP contribution in [0.4, 0.5) is 8.78 Å². The molecule has 0 amide bonds. The number of hydrogen-bond acceptors (Lipinski definition) is 7. The fourth-order valence-electron chi connectivity index (χ4n) is 4.22. The smallest absolute Gasteiger partial charge is 0.171 e. The Kier molecular flexibility index (Phi) is 5.16. The van der Waals surface area contributed by atoms with Crippen LogP contribution >= 0.6 is 0 Å². The number of β-amino-alcohol motifs (C(OH)–C–C–N with tert-alkyl or cyclic N) is 1. The largest absolute Gasteiger partial charge is 0.389 e. The first-order valence-corrected chi connectivity index (χ1v) is 9.97. The number of tetrazole rings is 1. The van der Waals surface area contributed by atoms with Crippen LogP contribution in [0.2, 0.25) is 0 Å². The topological polar surface area (TPSA) is 85.5 Å². The van der Waals surface area contributed by atoms with E-state index in [1.807, 2.05) is 25.7 Å². The number of aliphatic hydroxyl groups excluding tert-OH is 1. The quantitative estimate of drug-likeness (QED) is 0.810. The maximum atomic E-state index is 14.4. The summed E-state index contributed by atoms with van der Waals surface area (Å²) in [6, 6.07) is 2.97. The van der Waals surface area contributed by atoms with Crippen LogP contribution in [0.25, 0.3) is 0 Å². The molecule has 3 heterocycles. The molecule has 1 aromatic carbocycles. The number of rotatable bonds is 3. The number of hydrogen-bond donors (Lipinski definition) is 1. The molecule has 10 heteroatoms. The monoisotopic (exact) mass is 423 g/mol. The summed E-state index contributed by atoms with van der Waals surface area (Å²) >= 11 is 0. The lowest BCUT2D eigenvalue weighted by Gasteiger charge is -2.43. The maximum Gasteiger partial charge on any atom is 0.171 e. The number of piperidine rings is 1. The van der Waals surface area contributed by atoms with Gasteiger partial charge < -0.3 is 14.6 Å². The van der Waals surface area contributed by atoms with E-state index in [-0.39, 0.29) is 13.1 Å². The van der Waals surface area contributed by atoms with Gasteiger partial charge in [-0.3, -0.25) is 4.90 Å². The summed E-state index contributed by atoms with van der Waals surface area (Å²) < 4.78 is 41.6. The molecular formula is C20H27F2N5O3. The van der Waals surface area contributed by atoms with Crippen molar-refractivity contribution in [1.82, 2.24) is 25.1 Å². The van der Waals surface area contributed by atoms with Gasteiger partial charge in [-0.05, 0) is 51.1 Å². The third-order valence-electron chi connectivity index (χ3n) is 5.45. The average Bonchev–Trinajstić information content (AvgIpc) is 3.21. The molecule has 0 aliphatic carbocycles. The van der Waals surface area contributed by atoms with Crippen LogP contribution in [0.1, 0.15) is 52.0 Å². The van der Waals surface area contributed by atoms with Crippen molar-refractivity contribution in [1.29, 1.82) is 0 Å². The highest BCUT2D eigenvalue weighted by atomic mass is 19.1. The zero-order valence-corrected chi connectivity index (χ0v) is 17.7. The van der Waals surface area contributed by atoms with E-state index in [4.69, 9.17) is 9.47 Å². The standard InChI is InChI=1S/C20H27F2N5O3/c1-19(2,3)27-18(23-24-25-27)15-17-16(29-20(4,5)30-17)14(28)10-26(15)9-11-6-7-12(21)8-13(11)22/h6-8,14-17,28H,9-10H2,1-5H3/t14-,15-,16-,17+/m0/s1. The number of aromatic nitrogens is 4. The summed E-state index contributed by atoms with van der Waals surface area (Å²) in [6.45, 7) is 9.81. The lowest BCUT2D eigenvalue weighted by atomic mass is 9.92. The van der Waals surface area contributed by atoms with Crippen molar-refractivity contribution in [2.75, 3.05) is 6.54 Å². The Hall–Kier alpha value is -2.01. The number of fused-ring (bicyclic) bond motifs is 1. The number of benzene rings is 1. The van der Waals surface area contributed by atoms with Crippen molar-refractivity contribution in [2.45, 2.75) is 76.8 Å². The van der Waals surface area contributed by atoms with Crippen LogP contribution in [0.3, 0.4) is 0 Å². The molecule has 2 saturated heterocycles. The van der Waals surface area contributed by atoms with Gasteiger partial charge in [0, 0.05) is 24.7 Å². The molecule has 2 aliphatic rings. The average molecular weight is 423 g/mol. The molecule has 1 N–H and O–H groups in total. The van der Waals surface area contributed by atoms with E-state index in [1.165, 1.54) is 12.1 Å². The molecule has 1 aromatic heterocycles. The number of aliphatic hydroxyl groups is 1. The molecule has 0 unspecified atom stereocenters. The van der Waals surface area contributed by atoms with Gasteiger partial charge in [0.15, 0.2) is 11.6 Å². The normalized spacial score (nSPS) is 29.2. The van der Waals surface area contributed by atoms with Crippen molar-refractivity contribution in [2.24, 2.45) is 0 Å². The second-order valence-electron chi connectivity index (χ2n) is 9.36. The Bertz CT molecular complexity index is 929. The highest BCUT2D eigenvalue weighted by Crippen LogP contribution is 2.43.